The van der Waals surface area contributed by atoms with Crippen molar-refractivity contribution in [3.8, 4) is 51.1 Å². The minimum absolute atomic E-state index is 0.409. The second-order valence-corrected chi connectivity index (χ2v) is 11.3. The van der Waals surface area contributed by atoms with Crippen LogP contribution in [0.25, 0.3) is 45.0 Å². The maximum Gasteiger partial charge on any atom is 0.494 e. The highest BCUT2D eigenvalue weighted by Gasteiger charge is 2.51. The van der Waals surface area contributed by atoms with E-state index in [9.17, 15) is 5.26 Å². The molecule has 0 atom stereocenters. The average molecular weight is 535 g/mol. The molecule has 2 heterocycles. The predicted molar refractivity (Wildman–Crippen MR) is 164 cm³/mol. The van der Waals surface area contributed by atoms with Gasteiger partial charge < -0.3 is 9.31 Å². The van der Waals surface area contributed by atoms with Crippen molar-refractivity contribution in [2.75, 3.05) is 0 Å². The van der Waals surface area contributed by atoms with Gasteiger partial charge in [0, 0.05) is 16.7 Å². The van der Waals surface area contributed by atoms with Crippen LogP contribution in [0.4, 0.5) is 0 Å². The van der Waals surface area contributed by atoms with E-state index in [1.165, 1.54) is 0 Å². The van der Waals surface area contributed by atoms with Crippen LogP contribution in [0.3, 0.4) is 0 Å². The van der Waals surface area contributed by atoms with Crippen molar-refractivity contribution >= 4 is 12.6 Å². The number of hydrogen-bond donors (Lipinski definition) is 0. The van der Waals surface area contributed by atoms with Gasteiger partial charge in [0.05, 0.1) is 22.6 Å². The molecule has 41 heavy (non-hydrogen) atoms. The van der Waals surface area contributed by atoms with E-state index in [1.807, 2.05) is 84.9 Å². The Morgan fingerprint density at radius 2 is 1.05 bits per heavy atom. The molecule has 5 nitrogen and oxygen atoms in total. The molecule has 1 aliphatic heterocycles. The molecule has 1 aromatic heterocycles. The fourth-order valence-electron chi connectivity index (χ4n) is 4.99. The lowest BCUT2D eigenvalue weighted by Crippen LogP contribution is -2.41. The van der Waals surface area contributed by atoms with E-state index in [0.717, 1.165) is 33.3 Å². The lowest BCUT2D eigenvalue weighted by atomic mass is 9.78. The largest absolute Gasteiger partial charge is 0.494 e. The number of nitriles is 1. The zero-order valence-corrected chi connectivity index (χ0v) is 23.6. The second kappa shape index (κ2) is 10.4. The summed E-state index contributed by atoms with van der Waals surface area (Å²) in [6.45, 7) is 8.24. The van der Waals surface area contributed by atoms with Crippen molar-refractivity contribution in [3.63, 3.8) is 0 Å². The van der Waals surface area contributed by atoms with Gasteiger partial charge in [0.2, 0.25) is 0 Å². The molecule has 200 valence electrons. The van der Waals surface area contributed by atoms with Crippen molar-refractivity contribution in [2.24, 2.45) is 0 Å². The third-order valence-electron chi connectivity index (χ3n) is 7.98. The molecule has 0 radical (unpaired) electrons. The van der Waals surface area contributed by atoms with Crippen LogP contribution >= 0.6 is 0 Å². The molecule has 0 unspecified atom stereocenters. The lowest BCUT2D eigenvalue weighted by Gasteiger charge is -2.32. The van der Waals surface area contributed by atoms with Crippen LogP contribution in [0.1, 0.15) is 33.3 Å². The predicted octanol–water partition coefficient (Wildman–Crippen LogP) is 7.32. The number of rotatable bonds is 5. The van der Waals surface area contributed by atoms with Crippen molar-refractivity contribution in [1.82, 2.24) is 9.97 Å². The number of hydrogen-bond acceptors (Lipinski definition) is 5. The Morgan fingerprint density at radius 1 is 0.585 bits per heavy atom. The molecule has 4 aromatic carbocycles. The molecule has 0 aliphatic carbocycles. The van der Waals surface area contributed by atoms with Gasteiger partial charge in [0.1, 0.15) is 11.6 Å². The van der Waals surface area contributed by atoms with Crippen LogP contribution in [0.15, 0.2) is 109 Å². The molecule has 1 saturated heterocycles. The van der Waals surface area contributed by atoms with E-state index >= 15 is 0 Å². The highest BCUT2D eigenvalue weighted by atomic mass is 16.7. The number of nitrogens with zero attached hydrogens (tertiary/aromatic N) is 3. The Morgan fingerprint density at radius 3 is 1.59 bits per heavy atom. The first-order valence-corrected chi connectivity index (χ1v) is 13.8. The summed E-state index contributed by atoms with van der Waals surface area (Å²) >= 11 is 0. The Labute approximate surface area is 241 Å². The fraction of sp³-hybridized carbons (Fsp3) is 0.171. The zero-order chi connectivity index (χ0) is 28.6. The van der Waals surface area contributed by atoms with Crippen molar-refractivity contribution in [3.05, 3.63) is 115 Å². The first-order chi connectivity index (χ1) is 19.8. The zero-order valence-electron chi connectivity index (χ0n) is 23.6. The van der Waals surface area contributed by atoms with Crippen LogP contribution in [0.2, 0.25) is 0 Å². The van der Waals surface area contributed by atoms with Crippen molar-refractivity contribution < 1.29 is 9.31 Å². The normalized spacial score (nSPS) is 15.4. The van der Waals surface area contributed by atoms with Gasteiger partial charge in [-0.1, -0.05) is 103 Å². The SMILES string of the molecule is CC1(C)OB(c2cccc(-c3cccc(-c4nc(-c5ccccc5)c(C#N)c(-c5ccccc5)n4)c3)c2)OC1(C)C. The van der Waals surface area contributed by atoms with Crippen LogP contribution in [-0.2, 0) is 9.31 Å². The molecule has 0 spiro atoms. The summed E-state index contributed by atoms with van der Waals surface area (Å²) in [6, 6.07) is 38.4. The molecule has 1 fully saturated rings. The molecule has 0 N–H and O–H groups in total. The van der Waals surface area contributed by atoms with Crippen molar-refractivity contribution in [1.29, 1.82) is 5.26 Å². The molecule has 1 aliphatic rings. The minimum Gasteiger partial charge on any atom is -0.399 e. The van der Waals surface area contributed by atoms with E-state index in [-0.39, 0.29) is 0 Å². The Kier molecular flexibility index (Phi) is 6.79. The van der Waals surface area contributed by atoms with E-state index in [1.54, 1.807) is 0 Å². The van der Waals surface area contributed by atoms with Crippen LogP contribution in [-0.4, -0.2) is 28.3 Å². The van der Waals surface area contributed by atoms with Crippen LogP contribution in [0, 0.1) is 11.3 Å². The summed E-state index contributed by atoms with van der Waals surface area (Å²) < 4.78 is 12.6. The summed E-state index contributed by atoms with van der Waals surface area (Å²) in [4.78, 5) is 9.89. The number of aromatic nitrogens is 2. The van der Waals surface area contributed by atoms with E-state index < -0.39 is 18.3 Å². The maximum atomic E-state index is 10.2. The molecule has 6 rings (SSSR count). The first kappa shape index (κ1) is 26.6. The molecular weight excluding hydrogens is 505 g/mol. The third-order valence-corrected chi connectivity index (χ3v) is 7.98. The van der Waals surface area contributed by atoms with E-state index in [2.05, 4.69) is 58.0 Å². The summed E-state index contributed by atoms with van der Waals surface area (Å²) in [5.74, 6) is 0.561. The molecular formula is C35H30BN3O2. The van der Waals surface area contributed by atoms with Gasteiger partial charge in [0.25, 0.3) is 0 Å². The smallest absolute Gasteiger partial charge is 0.399 e. The van der Waals surface area contributed by atoms with E-state index in [0.29, 0.717) is 22.8 Å². The van der Waals surface area contributed by atoms with Gasteiger partial charge >= 0.3 is 7.12 Å². The van der Waals surface area contributed by atoms with Crippen LogP contribution < -0.4 is 5.46 Å². The van der Waals surface area contributed by atoms with Crippen molar-refractivity contribution in [2.45, 2.75) is 38.9 Å². The molecule has 0 amide bonds. The Balaban J connectivity index is 1.44. The van der Waals surface area contributed by atoms with Gasteiger partial charge in [0.15, 0.2) is 5.82 Å². The first-order valence-electron chi connectivity index (χ1n) is 13.8. The molecule has 0 saturated carbocycles. The van der Waals surface area contributed by atoms with E-state index in [4.69, 9.17) is 19.3 Å². The Hall–Kier alpha value is -4.57. The van der Waals surface area contributed by atoms with Gasteiger partial charge in [-0.05, 0) is 50.4 Å². The average Bonchev–Trinajstić information content (AvgIpc) is 3.23. The summed E-state index contributed by atoms with van der Waals surface area (Å²) in [5.41, 5.74) is 6.51. The quantitative estimate of drug-likeness (QED) is 0.221. The van der Waals surface area contributed by atoms with Gasteiger partial charge in [-0.2, -0.15) is 5.26 Å². The van der Waals surface area contributed by atoms with Crippen LogP contribution in [0.5, 0.6) is 0 Å². The minimum atomic E-state index is -0.438. The second-order valence-electron chi connectivity index (χ2n) is 11.3. The third kappa shape index (κ3) is 5.07. The standard InChI is InChI=1S/C35H30BN3O2/c1-34(2)35(3,4)41-36(40-34)29-20-12-18-27(22-29)26-17-11-19-28(21-26)33-38-31(24-13-7-5-8-14-24)30(23-37)32(39-33)25-15-9-6-10-16-25/h5-22H,1-4H3. The lowest BCUT2D eigenvalue weighted by molar-refractivity contribution is 0.00578. The maximum absolute atomic E-state index is 10.2. The summed E-state index contributed by atoms with van der Waals surface area (Å²) in [7, 11) is -0.438. The summed E-state index contributed by atoms with van der Waals surface area (Å²) in [5, 5.41) is 10.2. The molecule has 5 aromatic rings. The van der Waals surface area contributed by atoms with Gasteiger partial charge in [-0.15, -0.1) is 0 Å². The topological polar surface area (TPSA) is 68.0 Å². The molecule has 0 bridgehead atoms. The fourth-order valence-corrected chi connectivity index (χ4v) is 4.99. The molecule has 6 heteroatoms. The van der Waals surface area contributed by atoms with Gasteiger partial charge in [-0.25, -0.2) is 9.97 Å². The number of benzene rings is 4. The highest BCUT2D eigenvalue weighted by molar-refractivity contribution is 6.62. The Bertz CT molecular complexity index is 1690. The summed E-state index contributed by atoms with van der Waals surface area (Å²) in [6.07, 6.45) is 0. The monoisotopic (exact) mass is 535 g/mol. The highest BCUT2D eigenvalue weighted by Crippen LogP contribution is 2.37. The van der Waals surface area contributed by atoms with Gasteiger partial charge in [-0.3, -0.25) is 0 Å².